The number of aldehydes is 1. The van der Waals surface area contributed by atoms with Crippen molar-refractivity contribution in [2.24, 2.45) is 0 Å². The van der Waals surface area contributed by atoms with Gasteiger partial charge in [0.05, 0.1) is 0 Å². The molecule has 0 aromatic heterocycles. The maximum absolute atomic E-state index is 10.4. The Balaban J connectivity index is 2.81. The summed E-state index contributed by atoms with van der Waals surface area (Å²) in [4.78, 5) is 10.4. The highest BCUT2D eigenvalue weighted by Crippen LogP contribution is 2.19. The lowest BCUT2D eigenvalue weighted by atomic mass is 9.96. The summed E-state index contributed by atoms with van der Waals surface area (Å²) in [6, 6.07) is 10.1. The third-order valence-corrected chi connectivity index (χ3v) is 2.00. The van der Waals surface area contributed by atoms with Crippen LogP contribution in [0.15, 0.2) is 42.5 Å². The molecule has 1 aromatic carbocycles. The van der Waals surface area contributed by atoms with E-state index in [0.717, 1.165) is 6.29 Å². The fourth-order valence-electron chi connectivity index (χ4n) is 1.36. The summed E-state index contributed by atoms with van der Waals surface area (Å²) in [5, 5.41) is 0. The SMILES string of the molecule is C/C=C/C(CC=O)c1ccccc1. The van der Waals surface area contributed by atoms with E-state index in [-0.39, 0.29) is 5.92 Å². The Labute approximate surface area is 79.1 Å². The van der Waals surface area contributed by atoms with Crippen molar-refractivity contribution in [2.45, 2.75) is 19.3 Å². The minimum Gasteiger partial charge on any atom is -0.303 e. The van der Waals surface area contributed by atoms with Gasteiger partial charge in [0, 0.05) is 12.3 Å². The van der Waals surface area contributed by atoms with E-state index in [2.05, 4.69) is 6.08 Å². The Morgan fingerprint density at radius 3 is 2.54 bits per heavy atom. The zero-order chi connectivity index (χ0) is 9.52. The lowest BCUT2D eigenvalue weighted by Gasteiger charge is -2.08. The van der Waals surface area contributed by atoms with E-state index in [9.17, 15) is 4.79 Å². The van der Waals surface area contributed by atoms with Crippen molar-refractivity contribution < 1.29 is 4.79 Å². The fourth-order valence-corrected chi connectivity index (χ4v) is 1.36. The van der Waals surface area contributed by atoms with Crippen molar-refractivity contribution >= 4 is 6.29 Å². The third-order valence-electron chi connectivity index (χ3n) is 2.00. The van der Waals surface area contributed by atoms with E-state index in [0.29, 0.717) is 6.42 Å². The maximum Gasteiger partial charge on any atom is 0.120 e. The lowest BCUT2D eigenvalue weighted by molar-refractivity contribution is -0.108. The van der Waals surface area contributed by atoms with Gasteiger partial charge in [-0.15, -0.1) is 0 Å². The Kier molecular flexibility index (Phi) is 3.97. The normalized spacial score (nSPS) is 13.0. The first-order chi connectivity index (χ1) is 6.38. The number of allylic oxidation sites excluding steroid dienone is 2. The molecule has 0 spiro atoms. The third kappa shape index (κ3) is 2.86. The molecule has 0 aliphatic heterocycles. The van der Waals surface area contributed by atoms with E-state index in [1.54, 1.807) is 0 Å². The number of rotatable bonds is 4. The second-order valence-electron chi connectivity index (χ2n) is 2.95. The number of carbonyl (C=O) groups excluding carboxylic acids is 1. The molecule has 0 fully saturated rings. The van der Waals surface area contributed by atoms with Gasteiger partial charge in [-0.2, -0.15) is 0 Å². The van der Waals surface area contributed by atoms with Crippen LogP contribution >= 0.6 is 0 Å². The monoisotopic (exact) mass is 174 g/mol. The van der Waals surface area contributed by atoms with Gasteiger partial charge < -0.3 is 4.79 Å². The molecule has 1 unspecified atom stereocenters. The highest BCUT2D eigenvalue weighted by Gasteiger charge is 2.05. The molecule has 0 saturated heterocycles. The maximum atomic E-state index is 10.4. The van der Waals surface area contributed by atoms with Gasteiger partial charge in [-0.3, -0.25) is 0 Å². The van der Waals surface area contributed by atoms with Gasteiger partial charge in [0.1, 0.15) is 6.29 Å². The van der Waals surface area contributed by atoms with Gasteiger partial charge >= 0.3 is 0 Å². The van der Waals surface area contributed by atoms with Crippen molar-refractivity contribution in [3.8, 4) is 0 Å². The average molecular weight is 174 g/mol. The molecule has 1 atom stereocenters. The van der Waals surface area contributed by atoms with Gasteiger partial charge in [0.15, 0.2) is 0 Å². The molecule has 0 heterocycles. The van der Waals surface area contributed by atoms with Gasteiger partial charge in [0.25, 0.3) is 0 Å². The molecule has 0 aliphatic carbocycles. The Hall–Kier alpha value is -1.37. The number of benzene rings is 1. The van der Waals surface area contributed by atoms with Crippen molar-refractivity contribution in [2.75, 3.05) is 0 Å². The van der Waals surface area contributed by atoms with Crippen molar-refractivity contribution in [1.29, 1.82) is 0 Å². The molecule has 1 rings (SSSR count). The Morgan fingerprint density at radius 1 is 1.31 bits per heavy atom. The predicted octanol–water partition coefficient (Wildman–Crippen LogP) is 2.94. The summed E-state index contributed by atoms with van der Waals surface area (Å²) in [6.07, 6.45) is 5.58. The zero-order valence-electron chi connectivity index (χ0n) is 7.81. The van der Waals surface area contributed by atoms with Gasteiger partial charge in [-0.05, 0) is 12.5 Å². The molecule has 0 N–H and O–H groups in total. The molecule has 0 bridgehead atoms. The Morgan fingerprint density at radius 2 is 2.00 bits per heavy atom. The first-order valence-electron chi connectivity index (χ1n) is 4.50. The minimum absolute atomic E-state index is 0.240. The highest BCUT2D eigenvalue weighted by atomic mass is 16.1. The molecular formula is C12H14O. The molecule has 0 aliphatic rings. The molecule has 1 nitrogen and oxygen atoms in total. The van der Waals surface area contributed by atoms with Crippen LogP contribution in [0.2, 0.25) is 0 Å². The zero-order valence-corrected chi connectivity index (χ0v) is 7.81. The summed E-state index contributed by atoms with van der Waals surface area (Å²) in [5.41, 5.74) is 1.20. The quantitative estimate of drug-likeness (QED) is 0.506. The van der Waals surface area contributed by atoms with Crippen LogP contribution in [0.4, 0.5) is 0 Å². The highest BCUT2D eigenvalue weighted by molar-refractivity contribution is 5.52. The molecule has 0 saturated carbocycles. The Bertz CT molecular complexity index is 274. The molecule has 13 heavy (non-hydrogen) atoms. The smallest absolute Gasteiger partial charge is 0.120 e. The molecular weight excluding hydrogens is 160 g/mol. The number of hydrogen-bond donors (Lipinski definition) is 0. The lowest BCUT2D eigenvalue weighted by Crippen LogP contribution is -1.95. The van der Waals surface area contributed by atoms with Crippen LogP contribution in [-0.4, -0.2) is 6.29 Å². The predicted molar refractivity (Wildman–Crippen MR) is 54.7 cm³/mol. The second-order valence-corrected chi connectivity index (χ2v) is 2.95. The standard InChI is InChI=1S/C12H14O/c1-2-6-11(9-10-13)12-7-4-3-5-8-12/h2-8,10-11H,9H2,1H3/b6-2+. The molecule has 68 valence electrons. The van der Waals surface area contributed by atoms with E-state index in [4.69, 9.17) is 0 Å². The van der Waals surface area contributed by atoms with Crippen LogP contribution < -0.4 is 0 Å². The van der Waals surface area contributed by atoms with Gasteiger partial charge in [-0.25, -0.2) is 0 Å². The van der Waals surface area contributed by atoms with Crippen LogP contribution in [0.1, 0.15) is 24.8 Å². The molecule has 0 amide bonds. The first-order valence-corrected chi connectivity index (χ1v) is 4.50. The first kappa shape index (κ1) is 9.72. The summed E-state index contributed by atoms with van der Waals surface area (Å²) in [6.45, 7) is 1.97. The summed E-state index contributed by atoms with van der Waals surface area (Å²) in [5.74, 6) is 0.240. The fraction of sp³-hybridized carbons (Fsp3) is 0.250. The molecule has 0 radical (unpaired) electrons. The van der Waals surface area contributed by atoms with E-state index < -0.39 is 0 Å². The van der Waals surface area contributed by atoms with Crippen molar-refractivity contribution in [3.05, 3.63) is 48.0 Å². The van der Waals surface area contributed by atoms with Gasteiger partial charge in [0.2, 0.25) is 0 Å². The second kappa shape index (κ2) is 5.31. The molecule has 1 heteroatoms. The van der Waals surface area contributed by atoms with E-state index >= 15 is 0 Å². The largest absolute Gasteiger partial charge is 0.303 e. The van der Waals surface area contributed by atoms with Crippen molar-refractivity contribution in [3.63, 3.8) is 0 Å². The topological polar surface area (TPSA) is 17.1 Å². The van der Waals surface area contributed by atoms with Crippen LogP contribution in [0.3, 0.4) is 0 Å². The van der Waals surface area contributed by atoms with Crippen molar-refractivity contribution in [1.82, 2.24) is 0 Å². The van der Waals surface area contributed by atoms with E-state index in [1.807, 2.05) is 43.3 Å². The summed E-state index contributed by atoms with van der Waals surface area (Å²) in [7, 11) is 0. The minimum atomic E-state index is 0.240. The van der Waals surface area contributed by atoms with Crippen LogP contribution in [0.5, 0.6) is 0 Å². The van der Waals surface area contributed by atoms with Crippen LogP contribution in [-0.2, 0) is 4.79 Å². The summed E-state index contributed by atoms with van der Waals surface area (Å²) >= 11 is 0. The summed E-state index contributed by atoms with van der Waals surface area (Å²) < 4.78 is 0. The molecule has 1 aromatic rings. The van der Waals surface area contributed by atoms with Gasteiger partial charge in [-0.1, -0.05) is 42.5 Å². The van der Waals surface area contributed by atoms with Crippen LogP contribution in [0.25, 0.3) is 0 Å². The van der Waals surface area contributed by atoms with E-state index in [1.165, 1.54) is 5.56 Å². The average Bonchev–Trinajstić information content (AvgIpc) is 2.19. The van der Waals surface area contributed by atoms with Crippen LogP contribution in [0, 0.1) is 0 Å². The number of carbonyl (C=O) groups is 1. The number of hydrogen-bond acceptors (Lipinski definition) is 1.